The molecule has 0 aliphatic rings. The molecule has 1 aromatic heterocycles. The smallest absolute Gasteiger partial charge is 0.125 e. The van der Waals surface area contributed by atoms with Gasteiger partial charge < -0.3 is 4.79 Å². The molecule has 0 N–H and O–H groups in total. The van der Waals surface area contributed by atoms with Crippen LogP contribution in [0.15, 0.2) is 34.1 Å². The third-order valence-corrected chi connectivity index (χ3v) is 3.56. The van der Waals surface area contributed by atoms with Crippen molar-refractivity contribution < 1.29 is 4.79 Å². The lowest BCUT2D eigenvalue weighted by Crippen LogP contribution is -1.85. The first-order valence-corrected chi connectivity index (χ1v) is 6.11. The Kier molecular flexibility index (Phi) is 3.28. The zero-order chi connectivity index (χ0) is 10.7. The molecule has 2 nitrogen and oxygen atoms in total. The number of nitrogens with zero attached hydrogens (tertiary/aromatic N) is 1. The van der Waals surface area contributed by atoms with Gasteiger partial charge in [0.2, 0.25) is 0 Å². The molecule has 0 bridgehead atoms. The van der Waals surface area contributed by atoms with Crippen molar-refractivity contribution >= 4 is 33.6 Å². The van der Waals surface area contributed by atoms with Crippen LogP contribution in [0.3, 0.4) is 0 Å². The van der Waals surface area contributed by atoms with Gasteiger partial charge in [-0.2, -0.15) is 0 Å². The number of aldehydes is 1. The van der Waals surface area contributed by atoms with Crippen molar-refractivity contribution in [2.75, 3.05) is 0 Å². The minimum absolute atomic E-state index is 0.390. The summed E-state index contributed by atoms with van der Waals surface area (Å²) in [5.74, 6) is 0. The number of benzene rings is 1. The van der Waals surface area contributed by atoms with E-state index >= 15 is 0 Å². The second-order valence-electron chi connectivity index (χ2n) is 2.99. The number of aromatic nitrogens is 1. The summed E-state index contributed by atoms with van der Waals surface area (Å²) < 4.78 is 1.03. The average molecular weight is 282 g/mol. The van der Waals surface area contributed by atoms with Crippen LogP contribution in [0.4, 0.5) is 0 Å². The Bertz CT molecular complexity index is 481. The Labute approximate surface area is 100 Å². The largest absolute Gasteiger partial charge is 0.303 e. The molecule has 0 radical (unpaired) electrons. The molecule has 0 fully saturated rings. The van der Waals surface area contributed by atoms with Crippen LogP contribution < -0.4 is 0 Å². The minimum atomic E-state index is 0.390. The molecule has 0 aliphatic carbocycles. The fourth-order valence-corrected chi connectivity index (χ4v) is 2.72. The van der Waals surface area contributed by atoms with E-state index in [2.05, 4.69) is 20.9 Å². The van der Waals surface area contributed by atoms with E-state index in [9.17, 15) is 4.79 Å². The fraction of sp³-hybridized carbons (Fsp3) is 0.0909. The standard InChI is InChI=1S/C11H8BrNOS/c12-10-4-2-1-3-9(10)11-13-8(5-6-14)7-15-11/h1-4,6-7H,5H2. The fourth-order valence-electron chi connectivity index (χ4n) is 1.24. The Morgan fingerprint density at radius 3 is 2.93 bits per heavy atom. The monoisotopic (exact) mass is 281 g/mol. The molecule has 0 unspecified atom stereocenters. The summed E-state index contributed by atoms with van der Waals surface area (Å²) in [4.78, 5) is 14.7. The highest BCUT2D eigenvalue weighted by Gasteiger charge is 2.06. The molecule has 0 aliphatic heterocycles. The van der Waals surface area contributed by atoms with Crippen molar-refractivity contribution in [2.45, 2.75) is 6.42 Å². The second kappa shape index (κ2) is 4.68. The summed E-state index contributed by atoms with van der Waals surface area (Å²) in [5.41, 5.74) is 1.90. The number of halogens is 1. The third-order valence-electron chi connectivity index (χ3n) is 1.95. The van der Waals surface area contributed by atoms with Crippen molar-refractivity contribution in [3.63, 3.8) is 0 Å². The lowest BCUT2D eigenvalue weighted by atomic mass is 10.2. The van der Waals surface area contributed by atoms with Gasteiger partial charge in [0.15, 0.2) is 0 Å². The quantitative estimate of drug-likeness (QED) is 0.808. The number of hydrogen-bond acceptors (Lipinski definition) is 3. The van der Waals surface area contributed by atoms with Gasteiger partial charge in [0.05, 0.1) is 5.69 Å². The minimum Gasteiger partial charge on any atom is -0.303 e. The van der Waals surface area contributed by atoms with Gasteiger partial charge in [0.1, 0.15) is 11.3 Å². The van der Waals surface area contributed by atoms with Crippen LogP contribution in [0.1, 0.15) is 5.69 Å². The van der Waals surface area contributed by atoms with E-state index in [-0.39, 0.29) is 0 Å². The SMILES string of the molecule is O=CCc1csc(-c2ccccc2Br)n1. The van der Waals surface area contributed by atoms with E-state index in [1.165, 1.54) is 0 Å². The zero-order valence-corrected chi connectivity index (χ0v) is 10.2. The molecule has 2 aromatic rings. The van der Waals surface area contributed by atoms with Crippen LogP contribution in [0.25, 0.3) is 10.6 Å². The highest BCUT2D eigenvalue weighted by atomic mass is 79.9. The van der Waals surface area contributed by atoms with E-state index in [0.29, 0.717) is 6.42 Å². The first-order chi connectivity index (χ1) is 7.31. The van der Waals surface area contributed by atoms with Gasteiger partial charge in [-0.05, 0) is 6.07 Å². The molecule has 0 saturated carbocycles. The highest BCUT2D eigenvalue weighted by Crippen LogP contribution is 2.30. The molecule has 0 amide bonds. The second-order valence-corrected chi connectivity index (χ2v) is 4.71. The summed E-state index contributed by atoms with van der Waals surface area (Å²) in [7, 11) is 0. The summed E-state index contributed by atoms with van der Waals surface area (Å²) in [5, 5.41) is 2.86. The van der Waals surface area contributed by atoms with Crippen molar-refractivity contribution in [1.82, 2.24) is 4.98 Å². The van der Waals surface area contributed by atoms with Gasteiger partial charge in [-0.15, -0.1) is 11.3 Å². The summed E-state index contributed by atoms with van der Waals surface area (Å²) in [6, 6.07) is 7.93. The molecular formula is C11H8BrNOS. The maximum atomic E-state index is 10.3. The van der Waals surface area contributed by atoms with Gasteiger partial charge in [0.25, 0.3) is 0 Å². The predicted molar refractivity (Wildman–Crippen MR) is 65.0 cm³/mol. The number of thiazole rings is 1. The molecule has 15 heavy (non-hydrogen) atoms. The van der Waals surface area contributed by atoms with Crippen molar-refractivity contribution in [1.29, 1.82) is 0 Å². The van der Waals surface area contributed by atoms with E-state index in [0.717, 1.165) is 27.0 Å². The average Bonchev–Trinajstić information content (AvgIpc) is 2.68. The molecule has 0 spiro atoms. The van der Waals surface area contributed by atoms with Crippen molar-refractivity contribution in [2.24, 2.45) is 0 Å². The first-order valence-electron chi connectivity index (χ1n) is 4.44. The molecule has 76 valence electrons. The Balaban J connectivity index is 2.37. The maximum Gasteiger partial charge on any atom is 0.125 e. The summed E-state index contributed by atoms with van der Waals surface area (Å²) in [6.45, 7) is 0. The van der Waals surface area contributed by atoms with Crippen LogP contribution in [0.5, 0.6) is 0 Å². The summed E-state index contributed by atoms with van der Waals surface area (Å²) in [6.07, 6.45) is 1.26. The van der Waals surface area contributed by atoms with Crippen molar-refractivity contribution in [3.8, 4) is 10.6 Å². The van der Waals surface area contributed by atoms with Crippen LogP contribution >= 0.6 is 27.3 Å². The van der Waals surface area contributed by atoms with E-state index in [1.54, 1.807) is 11.3 Å². The zero-order valence-electron chi connectivity index (χ0n) is 7.81. The first kappa shape index (κ1) is 10.5. The number of carbonyl (C=O) groups is 1. The molecule has 2 rings (SSSR count). The lowest BCUT2D eigenvalue weighted by Gasteiger charge is -1.98. The Morgan fingerprint density at radius 2 is 2.20 bits per heavy atom. The van der Waals surface area contributed by atoms with Gasteiger partial charge in [-0.3, -0.25) is 0 Å². The Morgan fingerprint density at radius 1 is 1.40 bits per heavy atom. The highest BCUT2D eigenvalue weighted by molar-refractivity contribution is 9.10. The predicted octanol–water partition coefficient (Wildman–Crippen LogP) is 3.31. The molecule has 1 heterocycles. The van der Waals surface area contributed by atoms with Crippen LogP contribution in [0.2, 0.25) is 0 Å². The number of hydrogen-bond donors (Lipinski definition) is 0. The Hall–Kier alpha value is -1.000. The van der Waals surface area contributed by atoms with Crippen LogP contribution in [-0.2, 0) is 11.2 Å². The molecule has 4 heteroatoms. The molecule has 0 atom stereocenters. The maximum absolute atomic E-state index is 10.3. The van der Waals surface area contributed by atoms with Crippen LogP contribution in [0, 0.1) is 0 Å². The van der Waals surface area contributed by atoms with E-state index < -0.39 is 0 Å². The van der Waals surface area contributed by atoms with Gasteiger partial charge in [-0.1, -0.05) is 34.1 Å². The summed E-state index contributed by atoms with van der Waals surface area (Å²) >= 11 is 5.04. The van der Waals surface area contributed by atoms with Crippen molar-refractivity contribution in [3.05, 3.63) is 39.8 Å². The normalized spacial score (nSPS) is 10.2. The van der Waals surface area contributed by atoms with Gasteiger partial charge >= 0.3 is 0 Å². The van der Waals surface area contributed by atoms with Gasteiger partial charge in [-0.25, -0.2) is 4.98 Å². The molecule has 0 saturated heterocycles. The van der Waals surface area contributed by atoms with E-state index in [4.69, 9.17) is 0 Å². The topological polar surface area (TPSA) is 30.0 Å². The van der Waals surface area contributed by atoms with E-state index in [1.807, 2.05) is 29.6 Å². The number of rotatable bonds is 3. The molecular weight excluding hydrogens is 274 g/mol. The van der Waals surface area contributed by atoms with Gasteiger partial charge in [0, 0.05) is 21.8 Å². The van der Waals surface area contributed by atoms with Crippen LogP contribution in [-0.4, -0.2) is 11.3 Å². The lowest BCUT2D eigenvalue weighted by molar-refractivity contribution is -0.107. The third kappa shape index (κ3) is 2.33. The molecule has 1 aromatic carbocycles. The number of carbonyl (C=O) groups excluding carboxylic acids is 1.